The van der Waals surface area contributed by atoms with Gasteiger partial charge in [-0.05, 0) is 30.7 Å². The smallest absolute Gasteiger partial charge is 0.431 e. The molecule has 4 heteroatoms. The van der Waals surface area contributed by atoms with Crippen LogP contribution in [0.15, 0.2) is 42.5 Å². The Kier molecular flexibility index (Phi) is 5.19. The van der Waals surface area contributed by atoms with Gasteiger partial charge in [0.1, 0.15) is 6.61 Å². The quantitative estimate of drug-likeness (QED) is 0.534. The Balaban J connectivity index is 1.92. The largest absolute Gasteiger partial charge is 0.445 e. The maximum atomic E-state index is 11.2. The number of fused-ring (bicyclic) bond motifs is 1. The van der Waals surface area contributed by atoms with Gasteiger partial charge < -0.3 is 4.74 Å². The van der Waals surface area contributed by atoms with Gasteiger partial charge in [-0.3, -0.25) is 4.84 Å². The predicted octanol–water partition coefficient (Wildman–Crippen LogP) is 3.26. The van der Waals surface area contributed by atoms with Gasteiger partial charge in [-0.1, -0.05) is 48.2 Å². The number of carbonyl (C=O) groups excluding carboxylic acids is 1. The van der Waals surface area contributed by atoms with Crippen molar-refractivity contribution in [3.8, 4) is 11.8 Å². The maximum Gasteiger partial charge on any atom is 0.431 e. The number of nitrogens with one attached hydrogen (secondary N) is 1. The van der Waals surface area contributed by atoms with Gasteiger partial charge in [0.2, 0.25) is 0 Å². The number of benzene rings is 2. The highest BCUT2D eigenvalue weighted by molar-refractivity contribution is 5.88. The van der Waals surface area contributed by atoms with Crippen LogP contribution in [-0.4, -0.2) is 18.8 Å². The van der Waals surface area contributed by atoms with Gasteiger partial charge in [-0.15, -0.1) is 0 Å². The molecule has 0 saturated heterocycles. The number of hydrogen-bond donors (Lipinski definition) is 1. The monoisotopic (exact) mass is 283 g/mol. The first kappa shape index (κ1) is 14.9. The van der Waals surface area contributed by atoms with Gasteiger partial charge >= 0.3 is 6.09 Å². The second kappa shape index (κ2) is 7.32. The molecule has 0 bridgehead atoms. The molecule has 2 rings (SSSR count). The van der Waals surface area contributed by atoms with E-state index in [4.69, 9.17) is 9.57 Å². The summed E-state index contributed by atoms with van der Waals surface area (Å²) in [5, 5.41) is 2.24. The average molecular weight is 283 g/mol. The number of hydrogen-bond acceptors (Lipinski definition) is 3. The van der Waals surface area contributed by atoms with Gasteiger partial charge in [0.25, 0.3) is 0 Å². The van der Waals surface area contributed by atoms with E-state index in [0.717, 1.165) is 16.3 Å². The summed E-state index contributed by atoms with van der Waals surface area (Å²) in [4.78, 5) is 16.1. The van der Waals surface area contributed by atoms with Crippen LogP contribution < -0.4 is 5.48 Å². The zero-order valence-electron chi connectivity index (χ0n) is 12.1. The molecule has 0 aromatic heterocycles. The zero-order valence-corrected chi connectivity index (χ0v) is 12.1. The van der Waals surface area contributed by atoms with Gasteiger partial charge in [0.05, 0.1) is 6.10 Å². The lowest BCUT2D eigenvalue weighted by atomic mass is 10.1. The Morgan fingerprint density at radius 2 is 1.95 bits per heavy atom. The zero-order chi connectivity index (χ0) is 15.1. The van der Waals surface area contributed by atoms with E-state index < -0.39 is 6.09 Å². The fourth-order valence-corrected chi connectivity index (χ4v) is 1.83. The minimum absolute atomic E-state index is 0.0937. The van der Waals surface area contributed by atoms with Crippen molar-refractivity contribution in [2.45, 2.75) is 20.0 Å². The molecule has 0 saturated carbocycles. The lowest BCUT2D eigenvalue weighted by molar-refractivity contribution is 0.0317. The minimum atomic E-state index is -0.614. The van der Waals surface area contributed by atoms with Crippen molar-refractivity contribution in [1.82, 2.24) is 5.48 Å². The standard InChI is InChI=1S/C17H17NO3/c1-13(2)21-17(19)18-20-12-6-10-15-9-5-8-14-7-3-4-11-16(14)15/h3-5,7-9,11,13H,12H2,1-2H3,(H,18,19). The summed E-state index contributed by atoms with van der Waals surface area (Å²) in [6.45, 7) is 3.62. The fraction of sp³-hybridized carbons (Fsp3) is 0.235. The first-order chi connectivity index (χ1) is 10.2. The summed E-state index contributed by atoms with van der Waals surface area (Å²) in [6.07, 6.45) is -0.799. The minimum Gasteiger partial charge on any atom is -0.445 e. The molecule has 0 aliphatic carbocycles. The molecule has 108 valence electrons. The van der Waals surface area contributed by atoms with Crippen molar-refractivity contribution in [1.29, 1.82) is 0 Å². The van der Waals surface area contributed by atoms with Gasteiger partial charge in [-0.25, -0.2) is 4.79 Å². The molecule has 4 nitrogen and oxygen atoms in total. The third-order valence-electron chi connectivity index (χ3n) is 2.66. The van der Waals surface area contributed by atoms with Crippen LogP contribution in [0.2, 0.25) is 0 Å². The Morgan fingerprint density at radius 3 is 2.76 bits per heavy atom. The van der Waals surface area contributed by atoms with Crippen molar-refractivity contribution in [2.75, 3.05) is 6.61 Å². The fourth-order valence-electron chi connectivity index (χ4n) is 1.83. The van der Waals surface area contributed by atoms with E-state index in [-0.39, 0.29) is 12.7 Å². The van der Waals surface area contributed by atoms with Crippen molar-refractivity contribution >= 4 is 16.9 Å². The lowest BCUT2D eigenvalue weighted by Crippen LogP contribution is -2.27. The Bertz CT molecular complexity index is 678. The third kappa shape index (κ3) is 4.51. The summed E-state index contributed by atoms with van der Waals surface area (Å²) in [5.41, 5.74) is 3.11. The Hall–Kier alpha value is -2.51. The highest BCUT2D eigenvalue weighted by Gasteiger charge is 2.02. The molecule has 2 aromatic carbocycles. The number of carbonyl (C=O) groups is 1. The van der Waals surface area contributed by atoms with Crippen molar-refractivity contribution in [3.05, 3.63) is 48.0 Å². The van der Waals surface area contributed by atoms with E-state index in [9.17, 15) is 4.79 Å². The normalized spacial score (nSPS) is 10.0. The second-order valence-corrected chi connectivity index (χ2v) is 4.67. The highest BCUT2D eigenvalue weighted by atomic mass is 16.7. The van der Waals surface area contributed by atoms with Gasteiger partial charge in [0, 0.05) is 5.56 Å². The topological polar surface area (TPSA) is 47.6 Å². The molecule has 1 N–H and O–H groups in total. The van der Waals surface area contributed by atoms with E-state index >= 15 is 0 Å². The van der Waals surface area contributed by atoms with Gasteiger partial charge in [0.15, 0.2) is 0 Å². The SMILES string of the molecule is CC(C)OC(=O)NOCC#Cc1cccc2ccccc12. The van der Waals surface area contributed by atoms with E-state index in [2.05, 4.69) is 17.3 Å². The summed E-state index contributed by atoms with van der Waals surface area (Å²) in [7, 11) is 0. The Labute approximate surface area is 124 Å². The second-order valence-electron chi connectivity index (χ2n) is 4.67. The van der Waals surface area contributed by atoms with E-state index in [0.29, 0.717) is 0 Å². The third-order valence-corrected chi connectivity index (χ3v) is 2.66. The summed E-state index contributed by atoms with van der Waals surface area (Å²) < 4.78 is 4.85. The maximum absolute atomic E-state index is 11.2. The van der Waals surface area contributed by atoms with Crippen molar-refractivity contribution in [3.63, 3.8) is 0 Å². The van der Waals surface area contributed by atoms with Crippen LogP contribution in [0.3, 0.4) is 0 Å². The molecule has 0 aliphatic rings. The van der Waals surface area contributed by atoms with Crippen LogP contribution in [0.4, 0.5) is 4.79 Å². The van der Waals surface area contributed by atoms with Crippen LogP contribution in [0.5, 0.6) is 0 Å². The van der Waals surface area contributed by atoms with E-state index in [1.54, 1.807) is 13.8 Å². The first-order valence-corrected chi connectivity index (χ1v) is 6.72. The average Bonchev–Trinajstić information content (AvgIpc) is 2.46. The summed E-state index contributed by atoms with van der Waals surface area (Å²) in [5.74, 6) is 5.90. The number of hydroxylamine groups is 1. The molecule has 0 aliphatic heterocycles. The molecule has 0 heterocycles. The molecule has 0 unspecified atom stereocenters. The van der Waals surface area contributed by atoms with Crippen LogP contribution in [-0.2, 0) is 9.57 Å². The van der Waals surface area contributed by atoms with E-state index in [1.165, 1.54) is 0 Å². The van der Waals surface area contributed by atoms with E-state index in [1.807, 2.05) is 42.5 Å². The predicted molar refractivity (Wildman–Crippen MR) is 81.5 cm³/mol. The molecule has 21 heavy (non-hydrogen) atoms. The van der Waals surface area contributed by atoms with Crippen LogP contribution >= 0.6 is 0 Å². The number of rotatable bonds is 3. The van der Waals surface area contributed by atoms with Gasteiger partial charge in [-0.2, -0.15) is 5.48 Å². The lowest BCUT2D eigenvalue weighted by Gasteiger charge is -2.07. The molecule has 0 spiro atoms. The number of ether oxygens (including phenoxy) is 1. The summed E-state index contributed by atoms with van der Waals surface area (Å²) >= 11 is 0. The Morgan fingerprint density at radius 1 is 1.19 bits per heavy atom. The molecule has 0 radical (unpaired) electrons. The summed E-state index contributed by atoms with van der Waals surface area (Å²) in [6, 6.07) is 14.0. The molecule has 0 atom stereocenters. The van der Waals surface area contributed by atoms with Crippen LogP contribution in [0.1, 0.15) is 19.4 Å². The first-order valence-electron chi connectivity index (χ1n) is 6.72. The van der Waals surface area contributed by atoms with Crippen molar-refractivity contribution in [2.24, 2.45) is 0 Å². The molecular formula is C17H17NO3. The van der Waals surface area contributed by atoms with Crippen LogP contribution in [0, 0.1) is 11.8 Å². The highest BCUT2D eigenvalue weighted by Crippen LogP contribution is 2.17. The molecule has 1 amide bonds. The molecule has 0 fully saturated rings. The van der Waals surface area contributed by atoms with Crippen molar-refractivity contribution < 1.29 is 14.4 Å². The molecular weight excluding hydrogens is 266 g/mol. The number of amides is 1. The van der Waals surface area contributed by atoms with Crippen LogP contribution in [0.25, 0.3) is 10.8 Å². The molecule has 2 aromatic rings.